The van der Waals surface area contributed by atoms with Crippen molar-refractivity contribution in [2.45, 2.75) is 38.8 Å². The van der Waals surface area contributed by atoms with Gasteiger partial charge < -0.3 is 26.4 Å². The van der Waals surface area contributed by atoms with Crippen LogP contribution >= 0.6 is 0 Å². The summed E-state index contributed by atoms with van der Waals surface area (Å²) in [6, 6.07) is 19.9. The number of benzene rings is 3. The molecule has 0 radical (unpaired) electrons. The maximum Gasteiger partial charge on any atom is 0.255 e. The van der Waals surface area contributed by atoms with Crippen LogP contribution in [0.5, 0.6) is 0 Å². The van der Waals surface area contributed by atoms with Crippen LogP contribution in [0.25, 0.3) is 11.4 Å². The van der Waals surface area contributed by atoms with Crippen molar-refractivity contribution >= 4 is 35.1 Å². The molecule has 1 saturated heterocycles. The fraction of sp³-hybridized carbons (Fsp3) is 0.303. The van der Waals surface area contributed by atoms with Crippen LogP contribution in [0, 0.1) is 0 Å². The molecule has 1 atom stereocenters. The van der Waals surface area contributed by atoms with Crippen LogP contribution in [-0.4, -0.2) is 68.9 Å². The lowest BCUT2D eigenvalue weighted by Gasteiger charge is -2.37. The molecule has 1 unspecified atom stereocenters. The van der Waals surface area contributed by atoms with Crippen LogP contribution in [0.4, 0.5) is 23.3 Å². The highest BCUT2D eigenvalue weighted by molar-refractivity contribution is 6.05. The molecule has 0 saturated carbocycles. The number of hydrogen-bond donors (Lipinski definition) is 4. The number of hydrogen-bond acceptors (Lipinski definition) is 9. The number of aliphatic hydroxyl groups is 1. The van der Waals surface area contributed by atoms with E-state index in [1.54, 1.807) is 35.2 Å². The van der Waals surface area contributed by atoms with E-state index in [1.165, 1.54) is 0 Å². The lowest BCUT2D eigenvalue weighted by atomic mass is 9.86. The summed E-state index contributed by atoms with van der Waals surface area (Å²) < 4.78 is 0. The minimum atomic E-state index is -0.367. The Balaban J connectivity index is 1.37. The second-order valence-electron chi connectivity index (χ2n) is 12.0. The van der Waals surface area contributed by atoms with E-state index < -0.39 is 0 Å². The standard InChI is InChI=1S/C33H38N8O3/c1-33(2,3)22-13-9-21(10-14-22)29(43)36-26-8-6-7-24(25(26)19-42)28-37-31(34)39-32(38-28)35-23-15-11-20(12-16-23)27-30(44)41(5)18-17-40(27)4/h6-16,27,42H,17-19H2,1-5H3,(H,36,43)(H3,34,35,37,38,39). The van der Waals surface area contributed by atoms with E-state index in [9.17, 15) is 14.7 Å². The molecule has 1 aliphatic heterocycles. The number of aromatic nitrogens is 3. The number of piperazine rings is 1. The summed E-state index contributed by atoms with van der Waals surface area (Å²) >= 11 is 0. The van der Waals surface area contributed by atoms with E-state index in [-0.39, 0.29) is 47.6 Å². The van der Waals surface area contributed by atoms with Crippen molar-refractivity contribution in [1.82, 2.24) is 24.8 Å². The SMILES string of the molecule is CN1CCN(C)C(c2ccc(Nc3nc(N)nc(-c4cccc(NC(=O)c5ccc(C(C)(C)C)cc5)c4CO)n3)cc2)C1=O. The van der Waals surface area contributed by atoms with Gasteiger partial charge in [0.1, 0.15) is 6.04 Å². The largest absolute Gasteiger partial charge is 0.392 e. The Hall–Kier alpha value is -4.87. The fourth-order valence-corrected chi connectivity index (χ4v) is 5.19. The van der Waals surface area contributed by atoms with Gasteiger partial charge in [-0.15, -0.1) is 0 Å². The number of nitrogens with one attached hydrogen (secondary N) is 2. The van der Waals surface area contributed by atoms with Gasteiger partial charge in [-0.25, -0.2) is 0 Å². The molecule has 1 aromatic heterocycles. The Morgan fingerprint density at radius 2 is 1.68 bits per heavy atom. The number of aliphatic hydroxyl groups excluding tert-OH is 1. The van der Waals surface area contributed by atoms with Gasteiger partial charge >= 0.3 is 0 Å². The van der Waals surface area contributed by atoms with E-state index in [2.05, 4.69) is 46.4 Å². The minimum Gasteiger partial charge on any atom is -0.392 e. The first kappa shape index (κ1) is 30.6. The Kier molecular flexibility index (Phi) is 8.61. The predicted molar refractivity (Wildman–Crippen MR) is 171 cm³/mol. The number of rotatable bonds is 7. The second-order valence-corrected chi connectivity index (χ2v) is 12.0. The number of carbonyl (C=O) groups is 2. The van der Waals surface area contributed by atoms with Gasteiger partial charge in [0.25, 0.3) is 5.91 Å². The highest BCUT2D eigenvalue weighted by atomic mass is 16.3. The third-order valence-electron chi connectivity index (χ3n) is 7.81. The number of carbonyl (C=O) groups excluding carboxylic acids is 2. The third kappa shape index (κ3) is 6.53. The summed E-state index contributed by atoms with van der Waals surface area (Å²) in [5.41, 5.74) is 10.6. The minimum absolute atomic E-state index is 0.0103. The molecular formula is C33H38N8O3. The fourth-order valence-electron chi connectivity index (χ4n) is 5.19. The van der Waals surface area contributed by atoms with E-state index >= 15 is 0 Å². The molecule has 2 amide bonds. The predicted octanol–water partition coefficient (Wildman–Crippen LogP) is 4.35. The van der Waals surface area contributed by atoms with Gasteiger partial charge in [-0.05, 0) is 53.9 Å². The van der Waals surface area contributed by atoms with E-state index in [0.29, 0.717) is 34.6 Å². The van der Waals surface area contributed by atoms with Crippen molar-refractivity contribution in [2.75, 3.05) is 43.6 Å². The molecule has 11 heteroatoms. The molecule has 3 aromatic carbocycles. The van der Waals surface area contributed by atoms with Gasteiger partial charge in [0.2, 0.25) is 17.8 Å². The van der Waals surface area contributed by atoms with Crippen LogP contribution in [0.15, 0.2) is 66.7 Å². The number of anilines is 4. The topological polar surface area (TPSA) is 150 Å². The van der Waals surface area contributed by atoms with Gasteiger partial charge in [-0.1, -0.05) is 57.2 Å². The molecule has 0 aliphatic carbocycles. The normalized spacial score (nSPS) is 15.7. The van der Waals surface area contributed by atoms with E-state index in [1.807, 2.05) is 55.4 Å². The third-order valence-corrected chi connectivity index (χ3v) is 7.81. The first-order valence-electron chi connectivity index (χ1n) is 14.4. The molecule has 44 heavy (non-hydrogen) atoms. The average molecular weight is 595 g/mol. The van der Waals surface area contributed by atoms with Gasteiger partial charge in [-0.3, -0.25) is 14.5 Å². The summed E-state index contributed by atoms with van der Waals surface area (Å²) in [5.74, 6) is 0.202. The van der Waals surface area contributed by atoms with Crippen LogP contribution in [-0.2, 0) is 16.8 Å². The summed E-state index contributed by atoms with van der Waals surface area (Å²) in [6.45, 7) is 7.48. The number of likely N-dealkylation sites (N-methyl/N-ethyl adjacent to an activating group) is 2. The molecule has 0 bridgehead atoms. The van der Waals surface area contributed by atoms with Crippen molar-refractivity contribution < 1.29 is 14.7 Å². The maximum atomic E-state index is 13.1. The Morgan fingerprint density at radius 3 is 2.34 bits per heavy atom. The molecule has 228 valence electrons. The molecule has 0 spiro atoms. The van der Waals surface area contributed by atoms with Gasteiger partial charge in [0.05, 0.1) is 6.61 Å². The summed E-state index contributed by atoms with van der Waals surface area (Å²) in [7, 11) is 3.76. The van der Waals surface area contributed by atoms with Crippen molar-refractivity contribution in [3.63, 3.8) is 0 Å². The van der Waals surface area contributed by atoms with Gasteiger partial charge in [0, 0.05) is 48.2 Å². The van der Waals surface area contributed by atoms with Crippen LogP contribution in [0.3, 0.4) is 0 Å². The van der Waals surface area contributed by atoms with Crippen molar-refractivity contribution in [3.8, 4) is 11.4 Å². The van der Waals surface area contributed by atoms with Crippen LogP contribution < -0.4 is 16.4 Å². The number of nitrogen functional groups attached to an aromatic ring is 1. The molecule has 1 fully saturated rings. The zero-order valence-corrected chi connectivity index (χ0v) is 25.6. The highest BCUT2D eigenvalue weighted by Crippen LogP contribution is 2.30. The van der Waals surface area contributed by atoms with Crippen LogP contribution in [0.1, 0.15) is 53.9 Å². The van der Waals surface area contributed by atoms with Crippen molar-refractivity contribution in [3.05, 3.63) is 89.0 Å². The van der Waals surface area contributed by atoms with E-state index in [4.69, 9.17) is 5.73 Å². The Morgan fingerprint density at radius 1 is 0.977 bits per heavy atom. The lowest BCUT2D eigenvalue weighted by Crippen LogP contribution is -2.48. The smallest absolute Gasteiger partial charge is 0.255 e. The van der Waals surface area contributed by atoms with Crippen molar-refractivity contribution in [2.24, 2.45) is 0 Å². The lowest BCUT2D eigenvalue weighted by molar-refractivity contribution is -0.139. The Labute approximate surface area is 257 Å². The molecule has 5 rings (SSSR count). The zero-order chi connectivity index (χ0) is 31.6. The Bertz CT molecular complexity index is 1670. The summed E-state index contributed by atoms with van der Waals surface area (Å²) in [6.07, 6.45) is 0. The van der Waals surface area contributed by atoms with E-state index in [0.717, 1.165) is 17.7 Å². The van der Waals surface area contributed by atoms with Crippen molar-refractivity contribution in [1.29, 1.82) is 0 Å². The first-order valence-corrected chi connectivity index (χ1v) is 14.4. The molecule has 5 N–H and O–H groups in total. The number of nitrogens with two attached hydrogens (primary N) is 1. The first-order chi connectivity index (χ1) is 20.9. The molecule has 2 heterocycles. The molecule has 1 aliphatic rings. The monoisotopic (exact) mass is 594 g/mol. The number of amides is 2. The summed E-state index contributed by atoms with van der Waals surface area (Å²) in [4.78, 5) is 42.7. The molecule has 4 aromatic rings. The van der Waals surface area contributed by atoms with Gasteiger partial charge in [0.15, 0.2) is 5.82 Å². The molecule has 11 nitrogen and oxygen atoms in total. The zero-order valence-electron chi connectivity index (χ0n) is 25.6. The molecular weight excluding hydrogens is 556 g/mol. The van der Waals surface area contributed by atoms with Gasteiger partial charge in [-0.2, -0.15) is 15.0 Å². The quantitative estimate of drug-likeness (QED) is 0.245. The highest BCUT2D eigenvalue weighted by Gasteiger charge is 2.31. The summed E-state index contributed by atoms with van der Waals surface area (Å²) in [5, 5.41) is 16.4. The maximum absolute atomic E-state index is 13.1. The number of nitrogens with zero attached hydrogens (tertiary/aromatic N) is 5. The average Bonchev–Trinajstić information content (AvgIpc) is 2.99. The van der Waals surface area contributed by atoms with Crippen LogP contribution in [0.2, 0.25) is 0 Å². The second kappa shape index (κ2) is 12.4.